The molecule has 1 aromatic carbocycles. The third-order valence-electron chi connectivity index (χ3n) is 3.59. The summed E-state index contributed by atoms with van der Waals surface area (Å²) in [6.45, 7) is 13.0. The van der Waals surface area contributed by atoms with Crippen LogP contribution in [0.25, 0.3) is 0 Å². The summed E-state index contributed by atoms with van der Waals surface area (Å²) in [7, 11) is 0. The Morgan fingerprint density at radius 3 is 1.90 bits per heavy atom. The van der Waals surface area contributed by atoms with Gasteiger partial charge in [-0.25, -0.2) is 4.79 Å². The minimum atomic E-state index is -1.50. The van der Waals surface area contributed by atoms with Gasteiger partial charge in [-0.3, -0.25) is 0 Å². The number of aliphatic hydroxyl groups is 3. The van der Waals surface area contributed by atoms with Crippen molar-refractivity contribution >= 4 is 5.97 Å². The summed E-state index contributed by atoms with van der Waals surface area (Å²) in [6, 6.07) is 11.4. The third kappa shape index (κ3) is 30.5. The SMILES string of the molecule is C=CC(=O)O.CC(C)(C)OCCO.CC(C)(O)O.c1ccc(CNC2CCCC2)cc1. The average molecular weight is 442 g/mol. The standard InChI is InChI=1S/C12H17N.C6H14O2.C3H8O2.C3H4O2/c1-2-6-11(7-3-1)10-13-12-8-4-5-9-12;1-6(2,3)8-5-4-7;1-3(2,4)5;1-2-3(4)5/h1-3,6-7,12-13H,4-5,8-10H2;7H,4-5H2,1-3H3;4-5H,1-2H3;2H,1H2,(H,4,5). The van der Waals surface area contributed by atoms with Gasteiger partial charge >= 0.3 is 5.97 Å². The summed E-state index contributed by atoms with van der Waals surface area (Å²) in [5, 5.41) is 35.7. The van der Waals surface area contributed by atoms with Crippen LogP contribution in [-0.2, 0) is 16.1 Å². The predicted molar refractivity (Wildman–Crippen MR) is 125 cm³/mol. The number of carbonyl (C=O) groups is 1. The molecule has 0 radical (unpaired) electrons. The fraction of sp³-hybridized carbons (Fsp3) is 0.625. The second-order valence-corrected chi connectivity index (χ2v) is 8.57. The van der Waals surface area contributed by atoms with Gasteiger partial charge in [-0.2, -0.15) is 0 Å². The normalized spacial score (nSPS) is 13.5. The van der Waals surface area contributed by atoms with Crippen molar-refractivity contribution in [2.45, 2.75) is 84.3 Å². The van der Waals surface area contributed by atoms with E-state index >= 15 is 0 Å². The first-order valence-electron chi connectivity index (χ1n) is 10.6. The zero-order chi connectivity index (χ0) is 24.3. The van der Waals surface area contributed by atoms with Gasteiger partial charge in [0.05, 0.1) is 18.8 Å². The molecular weight excluding hydrogens is 398 g/mol. The summed E-state index contributed by atoms with van der Waals surface area (Å²) in [5.74, 6) is -2.48. The van der Waals surface area contributed by atoms with Crippen LogP contribution in [0.3, 0.4) is 0 Å². The van der Waals surface area contributed by atoms with Crippen LogP contribution in [0.1, 0.15) is 65.9 Å². The number of aliphatic hydroxyl groups excluding tert-OH is 1. The predicted octanol–water partition coefficient (Wildman–Crippen LogP) is 3.48. The van der Waals surface area contributed by atoms with Crippen LogP contribution in [0.2, 0.25) is 0 Å². The van der Waals surface area contributed by atoms with Gasteiger partial charge in [0, 0.05) is 18.7 Å². The number of nitrogens with one attached hydrogen (secondary N) is 1. The number of carboxylic acid groups (broad SMARTS) is 1. The molecule has 0 saturated heterocycles. The molecule has 0 aromatic heterocycles. The molecule has 7 heteroatoms. The second-order valence-electron chi connectivity index (χ2n) is 8.57. The zero-order valence-electron chi connectivity index (χ0n) is 19.8. The Morgan fingerprint density at radius 2 is 1.58 bits per heavy atom. The highest BCUT2D eigenvalue weighted by molar-refractivity contribution is 5.78. The van der Waals surface area contributed by atoms with Crippen LogP contribution in [-0.4, -0.2) is 57.0 Å². The molecule has 1 aromatic rings. The van der Waals surface area contributed by atoms with E-state index in [1.165, 1.54) is 45.1 Å². The molecule has 2 rings (SSSR count). The van der Waals surface area contributed by atoms with Crippen molar-refractivity contribution in [2.24, 2.45) is 0 Å². The van der Waals surface area contributed by atoms with Crippen LogP contribution < -0.4 is 5.32 Å². The first-order valence-corrected chi connectivity index (χ1v) is 10.6. The van der Waals surface area contributed by atoms with Crippen molar-refractivity contribution < 1.29 is 30.0 Å². The van der Waals surface area contributed by atoms with Gasteiger partial charge in [0.25, 0.3) is 0 Å². The van der Waals surface area contributed by atoms with Crippen LogP contribution in [0, 0.1) is 0 Å². The van der Waals surface area contributed by atoms with Crippen molar-refractivity contribution in [3.05, 3.63) is 48.6 Å². The van der Waals surface area contributed by atoms with Gasteiger partial charge in [0.15, 0.2) is 5.79 Å². The third-order valence-corrected chi connectivity index (χ3v) is 3.59. The highest BCUT2D eigenvalue weighted by Gasteiger charge is 2.13. The van der Waals surface area contributed by atoms with Gasteiger partial charge in [-0.15, -0.1) is 0 Å². The smallest absolute Gasteiger partial charge is 0.327 e. The minimum Gasteiger partial charge on any atom is -0.478 e. The topological polar surface area (TPSA) is 119 Å². The molecule has 7 nitrogen and oxygen atoms in total. The van der Waals surface area contributed by atoms with Crippen LogP contribution >= 0.6 is 0 Å². The molecule has 0 amide bonds. The Kier molecular flexibility index (Phi) is 18.1. The van der Waals surface area contributed by atoms with Gasteiger partial charge < -0.3 is 30.5 Å². The van der Waals surface area contributed by atoms with Crippen LogP contribution in [0.15, 0.2) is 43.0 Å². The van der Waals surface area contributed by atoms with Crippen LogP contribution in [0.4, 0.5) is 0 Å². The number of benzene rings is 1. The molecule has 31 heavy (non-hydrogen) atoms. The molecule has 1 fully saturated rings. The lowest BCUT2D eigenvalue weighted by atomic mass is 10.2. The Bertz CT molecular complexity index is 552. The molecule has 180 valence electrons. The fourth-order valence-electron chi connectivity index (χ4n) is 2.34. The minimum absolute atomic E-state index is 0.108. The van der Waals surface area contributed by atoms with Crippen molar-refractivity contribution in [1.29, 1.82) is 0 Å². The summed E-state index contributed by atoms with van der Waals surface area (Å²) >= 11 is 0. The lowest BCUT2D eigenvalue weighted by Gasteiger charge is -2.18. The molecule has 0 bridgehead atoms. The molecular formula is C24H43NO6. The average Bonchev–Trinajstić information content (AvgIpc) is 3.18. The number of ether oxygens (including phenoxy) is 1. The van der Waals surface area contributed by atoms with Crippen molar-refractivity contribution in [3.63, 3.8) is 0 Å². The quantitative estimate of drug-likeness (QED) is 0.339. The zero-order valence-corrected chi connectivity index (χ0v) is 19.8. The van der Waals surface area contributed by atoms with E-state index in [2.05, 4.69) is 42.2 Å². The van der Waals surface area contributed by atoms with E-state index < -0.39 is 11.8 Å². The largest absolute Gasteiger partial charge is 0.478 e. The van der Waals surface area contributed by atoms with Crippen molar-refractivity contribution in [2.75, 3.05) is 13.2 Å². The Labute approximate surface area is 187 Å². The van der Waals surface area contributed by atoms with Crippen LogP contribution in [0.5, 0.6) is 0 Å². The molecule has 1 aliphatic rings. The maximum absolute atomic E-state index is 9.25. The molecule has 1 saturated carbocycles. The monoisotopic (exact) mass is 441 g/mol. The van der Waals surface area contributed by atoms with E-state index in [0.717, 1.165) is 18.7 Å². The Balaban J connectivity index is 0. The summed E-state index contributed by atoms with van der Waals surface area (Å²) in [5.41, 5.74) is 1.29. The molecule has 0 atom stereocenters. The lowest BCUT2D eigenvalue weighted by molar-refractivity contribution is -0.131. The molecule has 0 aliphatic heterocycles. The summed E-state index contributed by atoms with van der Waals surface area (Å²) in [4.78, 5) is 9.25. The summed E-state index contributed by atoms with van der Waals surface area (Å²) in [6.07, 6.45) is 6.39. The second kappa shape index (κ2) is 17.9. The van der Waals surface area contributed by atoms with E-state index in [9.17, 15) is 4.79 Å². The molecule has 0 unspecified atom stereocenters. The van der Waals surface area contributed by atoms with E-state index in [-0.39, 0.29) is 12.2 Å². The highest BCUT2D eigenvalue weighted by atomic mass is 16.5. The number of carboxylic acids is 1. The van der Waals surface area contributed by atoms with Gasteiger partial charge in [0.2, 0.25) is 0 Å². The van der Waals surface area contributed by atoms with E-state index in [0.29, 0.717) is 6.61 Å². The van der Waals surface area contributed by atoms with Crippen molar-refractivity contribution in [1.82, 2.24) is 5.32 Å². The highest BCUT2D eigenvalue weighted by Crippen LogP contribution is 2.17. The maximum Gasteiger partial charge on any atom is 0.327 e. The molecule has 1 aliphatic carbocycles. The Morgan fingerprint density at radius 1 is 1.13 bits per heavy atom. The number of rotatable bonds is 6. The number of hydrogen-bond acceptors (Lipinski definition) is 6. The number of hydrogen-bond donors (Lipinski definition) is 5. The molecule has 0 heterocycles. The van der Waals surface area contributed by atoms with Gasteiger partial charge in [-0.05, 0) is 53.0 Å². The van der Waals surface area contributed by atoms with E-state index in [4.69, 9.17) is 25.2 Å². The molecule has 5 N–H and O–H groups in total. The van der Waals surface area contributed by atoms with E-state index in [1.807, 2.05) is 20.8 Å². The maximum atomic E-state index is 9.25. The first-order chi connectivity index (χ1) is 14.3. The van der Waals surface area contributed by atoms with Gasteiger partial charge in [-0.1, -0.05) is 49.8 Å². The van der Waals surface area contributed by atoms with E-state index in [1.54, 1.807) is 0 Å². The summed E-state index contributed by atoms with van der Waals surface area (Å²) < 4.78 is 5.13. The first kappa shape index (κ1) is 31.4. The van der Waals surface area contributed by atoms with Gasteiger partial charge in [0.1, 0.15) is 0 Å². The lowest BCUT2D eigenvalue weighted by Crippen LogP contribution is -2.25. The fourth-order valence-corrected chi connectivity index (χ4v) is 2.34. The Hall–Kier alpha value is -1.77. The van der Waals surface area contributed by atoms with Crippen molar-refractivity contribution in [3.8, 4) is 0 Å². The molecule has 0 spiro atoms. The number of aliphatic carboxylic acids is 1.